The minimum atomic E-state index is -0.668. The number of hydrogen-bond donors (Lipinski definition) is 2. The Hall–Kier alpha value is -1.94. The summed E-state index contributed by atoms with van der Waals surface area (Å²) in [5, 5.41) is 10.5. The van der Waals surface area contributed by atoms with Crippen LogP contribution in [0.4, 0.5) is 5.13 Å². The average Bonchev–Trinajstić information content (AvgIpc) is 2.84. The first-order valence-electron chi connectivity index (χ1n) is 5.59. The molecule has 2 N–H and O–H groups in total. The molecule has 2 aromatic heterocycles. The molecule has 0 saturated heterocycles. The molecule has 0 aromatic carbocycles. The van der Waals surface area contributed by atoms with Crippen LogP contribution in [-0.2, 0) is 7.05 Å². The molecule has 0 radical (unpaired) electrons. The Kier molecular flexibility index (Phi) is 4.35. The normalized spacial score (nSPS) is 10.5. The number of nitrogens with zero attached hydrogens (tertiary/aromatic N) is 3. The van der Waals surface area contributed by atoms with Gasteiger partial charge >= 0.3 is 5.69 Å². The molecule has 0 fully saturated rings. The van der Waals surface area contributed by atoms with Crippen LogP contribution in [0.3, 0.4) is 0 Å². The molecule has 0 unspecified atom stereocenters. The highest BCUT2D eigenvalue weighted by Crippen LogP contribution is 2.24. The van der Waals surface area contributed by atoms with E-state index in [0.29, 0.717) is 5.13 Å². The number of anilines is 1. The standard InChI is InChI=1S/C10H11N5O3S2/c1-3-19-10-14-13-8(20-10)12-6(16)5-4-11-9(18)15(2)7(5)17/h4H,3H2,1-2H3,(H,11,18)(H,12,13,16). The zero-order chi connectivity index (χ0) is 14.7. The van der Waals surface area contributed by atoms with Gasteiger partial charge in [-0.1, -0.05) is 30.0 Å². The molecule has 0 aliphatic carbocycles. The van der Waals surface area contributed by atoms with Crippen molar-refractivity contribution in [2.45, 2.75) is 11.3 Å². The van der Waals surface area contributed by atoms with Gasteiger partial charge in [-0.2, -0.15) is 0 Å². The lowest BCUT2D eigenvalue weighted by molar-refractivity contribution is 0.102. The van der Waals surface area contributed by atoms with Crippen molar-refractivity contribution in [1.29, 1.82) is 0 Å². The summed E-state index contributed by atoms with van der Waals surface area (Å²) in [6.45, 7) is 1.98. The number of amides is 1. The number of hydrogen-bond acceptors (Lipinski definition) is 7. The summed E-state index contributed by atoms with van der Waals surface area (Å²) >= 11 is 2.73. The second-order valence-corrected chi connectivity index (χ2v) is 6.12. The maximum absolute atomic E-state index is 12.0. The smallest absolute Gasteiger partial charge is 0.313 e. The maximum atomic E-state index is 12.0. The van der Waals surface area contributed by atoms with E-state index in [0.717, 1.165) is 20.9 Å². The molecule has 1 amide bonds. The quantitative estimate of drug-likeness (QED) is 0.620. The highest BCUT2D eigenvalue weighted by Gasteiger charge is 2.15. The Morgan fingerprint density at radius 2 is 2.25 bits per heavy atom. The van der Waals surface area contributed by atoms with Gasteiger partial charge in [0.1, 0.15) is 5.56 Å². The first kappa shape index (κ1) is 14.5. The van der Waals surface area contributed by atoms with Gasteiger partial charge in [0.2, 0.25) is 5.13 Å². The Morgan fingerprint density at radius 1 is 1.50 bits per heavy atom. The van der Waals surface area contributed by atoms with E-state index in [1.807, 2.05) is 6.92 Å². The molecular weight excluding hydrogens is 302 g/mol. The van der Waals surface area contributed by atoms with E-state index in [-0.39, 0.29) is 5.56 Å². The van der Waals surface area contributed by atoms with E-state index in [9.17, 15) is 14.4 Å². The second-order valence-electron chi connectivity index (χ2n) is 3.63. The molecule has 2 rings (SSSR count). The molecular formula is C10H11N5O3S2. The summed E-state index contributed by atoms with van der Waals surface area (Å²) in [4.78, 5) is 37.2. The minimum Gasteiger partial charge on any atom is -0.313 e. The average molecular weight is 313 g/mol. The Morgan fingerprint density at radius 3 is 2.95 bits per heavy atom. The molecule has 2 aromatic rings. The highest BCUT2D eigenvalue weighted by molar-refractivity contribution is 8.01. The minimum absolute atomic E-state index is 0.160. The van der Waals surface area contributed by atoms with Crippen LogP contribution >= 0.6 is 23.1 Å². The first-order valence-corrected chi connectivity index (χ1v) is 7.39. The summed E-state index contributed by atoms with van der Waals surface area (Å²) in [5.74, 6) is 0.217. The lowest BCUT2D eigenvalue weighted by Crippen LogP contribution is -2.37. The van der Waals surface area contributed by atoms with Crippen molar-refractivity contribution in [2.24, 2.45) is 7.05 Å². The van der Waals surface area contributed by atoms with Gasteiger partial charge in [-0.05, 0) is 5.75 Å². The van der Waals surface area contributed by atoms with Crippen molar-refractivity contribution in [3.8, 4) is 0 Å². The van der Waals surface area contributed by atoms with Crippen LogP contribution in [0.15, 0.2) is 20.1 Å². The molecule has 20 heavy (non-hydrogen) atoms. The van der Waals surface area contributed by atoms with E-state index >= 15 is 0 Å². The molecule has 2 heterocycles. The van der Waals surface area contributed by atoms with Gasteiger partial charge in [-0.3, -0.25) is 19.5 Å². The maximum Gasteiger partial charge on any atom is 0.328 e. The lowest BCUT2D eigenvalue weighted by atomic mass is 10.3. The van der Waals surface area contributed by atoms with Crippen molar-refractivity contribution in [2.75, 3.05) is 11.1 Å². The predicted octanol–water partition coefficient (Wildman–Crippen LogP) is 0.289. The summed E-state index contributed by atoms with van der Waals surface area (Å²) in [6, 6.07) is 0. The van der Waals surface area contributed by atoms with E-state index < -0.39 is 17.2 Å². The molecule has 0 aliphatic heterocycles. The van der Waals surface area contributed by atoms with Gasteiger partial charge in [0.15, 0.2) is 4.34 Å². The molecule has 0 bridgehead atoms. The molecule has 0 atom stereocenters. The summed E-state index contributed by atoms with van der Waals surface area (Å²) in [6.07, 6.45) is 1.09. The lowest BCUT2D eigenvalue weighted by Gasteiger charge is -2.01. The number of thioether (sulfide) groups is 1. The summed E-state index contributed by atoms with van der Waals surface area (Å²) in [7, 11) is 1.29. The van der Waals surface area contributed by atoms with Crippen molar-refractivity contribution >= 4 is 34.1 Å². The van der Waals surface area contributed by atoms with Crippen LogP contribution in [-0.4, -0.2) is 31.4 Å². The number of rotatable bonds is 4. The van der Waals surface area contributed by atoms with Crippen LogP contribution in [0.2, 0.25) is 0 Å². The van der Waals surface area contributed by atoms with Gasteiger partial charge in [0.25, 0.3) is 11.5 Å². The molecule has 0 aliphatic rings. The Bertz CT molecular complexity index is 748. The van der Waals surface area contributed by atoms with Crippen molar-refractivity contribution < 1.29 is 4.79 Å². The number of H-pyrrole nitrogens is 1. The number of carbonyl (C=O) groups excluding carboxylic acids is 1. The fourth-order valence-corrected chi connectivity index (χ4v) is 2.98. The van der Waals surface area contributed by atoms with Crippen LogP contribution < -0.4 is 16.6 Å². The van der Waals surface area contributed by atoms with Gasteiger partial charge < -0.3 is 4.98 Å². The van der Waals surface area contributed by atoms with Gasteiger partial charge in [0, 0.05) is 13.2 Å². The van der Waals surface area contributed by atoms with E-state index in [1.54, 1.807) is 0 Å². The third-order valence-electron chi connectivity index (χ3n) is 2.32. The zero-order valence-corrected chi connectivity index (χ0v) is 12.3. The number of nitrogens with one attached hydrogen (secondary N) is 2. The van der Waals surface area contributed by atoms with Crippen LogP contribution in [0.1, 0.15) is 17.3 Å². The van der Waals surface area contributed by atoms with Crippen LogP contribution in [0.5, 0.6) is 0 Å². The topological polar surface area (TPSA) is 110 Å². The Labute approximate surface area is 121 Å². The fraction of sp³-hybridized carbons (Fsp3) is 0.300. The summed E-state index contributed by atoms with van der Waals surface area (Å²) in [5.41, 5.74) is -1.41. The molecule has 0 saturated carbocycles. The predicted molar refractivity (Wildman–Crippen MR) is 76.6 cm³/mol. The molecule has 8 nitrogen and oxygen atoms in total. The van der Waals surface area contributed by atoms with E-state index in [1.165, 1.54) is 30.1 Å². The van der Waals surface area contributed by atoms with Crippen molar-refractivity contribution in [1.82, 2.24) is 19.7 Å². The number of aromatic nitrogens is 4. The van der Waals surface area contributed by atoms with Crippen LogP contribution in [0, 0.1) is 0 Å². The fourth-order valence-electron chi connectivity index (χ4n) is 1.33. The highest BCUT2D eigenvalue weighted by atomic mass is 32.2. The Balaban J connectivity index is 2.22. The molecule has 0 spiro atoms. The van der Waals surface area contributed by atoms with E-state index in [2.05, 4.69) is 20.5 Å². The largest absolute Gasteiger partial charge is 0.328 e. The van der Waals surface area contributed by atoms with Gasteiger partial charge in [-0.25, -0.2) is 4.79 Å². The van der Waals surface area contributed by atoms with Crippen molar-refractivity contribution in [3.05, 3.63) is 32.6 Å². The molecule has 106 valence electrons. The van der Waals surface area contributed by atoms with Crippen LogP contribution in [0.25, 0.3) is 0 Å². The number of aromatic amines is 1. The molecule has 10 heteroatoms. The zero-order valence-electron chi connectivity index (χ0n) is 10.7. The third kappa shape index (κ3) is 2.96. The number of carbonyl (C=O) groups is 1. The SMILES string of the molecule is CCSc1nnc(NC(=O)c2c[nH]c(=O)n(C)c2=O)s1. The monoisotopic (exact) mass is 313 g/mol. The van der Waals surface area contributed by atoms with Gasteiger partial charge in [0.05, 0.1) is 0 Å². The third-order valence-corrected chi connectivity index (χ3v) is 4.17. The second kappa shape index (κ2) is 6.01. The van der Waals surface area contributed by atoms with E-state index in [4.69, 9.17) is 0 Å². The van der Waals surface area contributed by atoms with Crippen molar-refractivity contribution in [3.63, 3.8) is 0 Å². The van der Waals surface area contributed by atoms with Gasteiger partial charge in [-0.15, -0.1) is 10.2 Å². The summed E-state index contributed by atoms with van der Waals surface area (Å²) < 4.78 is 1.56. The first-order chi connectivity index (χ1) is 9.52.